The van der Waals surface area contributed by atoms with Gasteiger partial charge in [-0.2, -0.15) is 0 Å². The summed E-state index contributed by atoms with van der Waals surface area (Å²) in [6, 6.07) is -0.984. The van der Waals surface area contributed by atoms with Crippen LogP contribution < -0.4 is 16.0 Å². The number of hydrogen-bond acceptors (Lipinski definition) is 10. The van der Waals surface area contributed by atoms with E-state index in [0.29, 0.717) is 24.5 Å². The van der Waals surface area contributed by atoms with Gasteiger partial charge in [0.2, 0.25) is 11.8 Å². The maximum Gasteiger partial charge on any atom is 0.240 e. The predicted octanol–water partition coefficient (Wildman–Crippen LogP) is -0.531. The van der Waals surface area contributed by atoms with Crippen LogP contribution in [0.25, 0.3) is 0 Å². The number of aliphatic hydroxyl groups excluding tert-OH is 1. The first-order valence-electron chi connectivity index (χ1n) is 11.6. The minimum absolute atomic E-state index is 0.0270. The maximum absolute atomic E-state index is 13.1. The summed E-state index contributed by atoms with van der Waals surface area (Å²) in [5.74, 6) is -0.598. The van der Waals surface area contributed by atoms with Crippen LogP contribution in [-0.4, -0.2) is 91.9 Å². The number of ether oxygens (including phenoxy) is 3. The molecule has 1 aliphatic heterocycles. The van der Waals surface area contributed by atoms with Crippen LogP contribution in [0.2, 0.25) is 0 Å². The van der Waals surface area contributed by atoms with Gasteiger partial charge in [-0.05, 0) is 26.2 Å². The first-order valence-corrected chi connectivity index (χ1v) is 11.6. The fourth-order valence-corrected chi connectivity index (χ4v) is 3.59. The molecule has 0 radical (unpaired) electrons. The maximum atomic E-state index is 13.1. The summed E-state index contributed by atoms with van der Waals surface area (Å²) in [6.45, 7) is 7.56. The number of rotatable bonds is 16. The van der Waals surface area contributed by atoms with E-state index in [0.717, 1.165) is 0 Å². The summed E-state index contributed by atoms with van der Waals surface area (Å²) in [5, 5.41) is 22.7. The van der Waals surface area contributed by atoms with Gasteiger partial charge in [0.15, 0.2) is 5.78 Å². The van der Waals surface area contributed by atoms with E-state index < -0.39 is 41.8 Å². The molecule has 1 aliphatic rings. The molecule has 12 nitrogen and oxygen atoms in total. The highest BCUT2D eigenvalue weighted by Crippen LogP contribution is 2.29. The minimum atomic E-state index is -1.36. The summed E-state index contributed by atoms with van der Waals surface area (Å²) in [4.78, 5) is 38.3. The molecule has 1 aromatic rings. The largest absolute Gasteiger partial charge is 0.383 e. The Morgan fingerprint density at radius 1 is 1.17 bits per heavy atom. The number of amides is 2. The molecule has 198 valence electrons. The molecule has 2 amide bonds. The number of nitrogens with zero attached hydrogens (tertiary/aromatic N) is 1. The standard InChI is InChI=1S/C23H38N4O8/c1-13(2)7-16(20(29)23(4)12-34-23)25-22(31)18(11-33-6)26-21(30)17(10-32-5)24-19(28)9-15-8-14(3)27-35-15/h8,13,16-18,21,26,30H,7,9-12H2,1-6H3,(H,24,28)(H,25,31). The van der Waals surface area contributed by atoms with Crippen molar-refractivity contribution in [2.45, 2.75) is 70.5 Å². The zero-order valence-electron chi connectivity index (χ0n) is 21.3. The van der Waals surface area contributed by atoms with Crippen LogP contribution in [0.15, 0.2) is 10.6 Å². The molecule has 1 aromatic heterocycles. The number of methoxy groups -OCH3 is 2. The van der Waals surface area contributed by atoms with Crippen molar-refractivity contribution >= 4 is 17.6 Å². The van der Waals surface area contributed by atoms with Crippen LogP contribution >= 0.6 is 0 Å². The second-order valence-corrected chi connectivity index (χ2v) is 9.43. The number of nitrogens with one attached hydrogen (secondary N) is 3. The van der Waals surface area contributed by atoms with Crippen LogP contribution in [0.4, 0.5) is 0 Å². The van der Waals surface area contributed by atoms with Crippen molar-refractivity contribution in [3.63, 3.8) is 0 Å². The third kappa shape index (κ3) is 8.97. The Morgan fingerprint density at radius 3 is 2.34 bits per heavy atom. The molecule has 0 aliphatic carbocycles. The highest BCUT2D eigenvalue weighted by atomic mass is 16.6. The van der Waals surface area contributed by atoms with E-state index in [2.05, 4.69) is 21.1 Å². The lowest BCUT2D eigenvalue weighted by atomic mass is 9.93. The lowest BCUT2D eigenvalue weighted by molar-refractivity contribution is -0.133. The SMILES string of the molecule is COCC(NC(O)C(COC)NC(=O)Cc1cc(C)no1)C(=O)NC(CC(C)C)C(=O)C1(C)CO1. The molecule has 2 heterocycles. The zero-order valence-corrected chi connectivity index (χ0v) is 21.3. The van der Waals surface area contributed by atoms with Crippen LogP contribution in [0.5, 0.6) is 0 Å². The van der Waals surface area contributed by atoms with E-state index in [4.69, 9.17) is 18.7 Å². The summed E-state index contributed by atoms with van der Waals surface area (Å²) < 4.78 is 20.6. The second kappa shape index (κ2) is 13.1. The summed E-state index contributed by atoms with van der Waals surface area (Å²) in [6.07, 6.45) is -0.991. The van der Waals surface area contributed by atoms with Crippen LogP contribution in [0, 0.1) is 12.8 Å². The third-order valence-electron chi connectivity index (χ3n) is 5.55. The van der Waals surface area contributed by atoms with Gasteiger partial charge in [0.25, 0.3) is 0 Å². The number of ketones is 1. The van der Waals surface area contributed by atoms with Crippen molar-refractivity contribution in [1.82, 2.24) is 21.1 Å². The number of Topliss-reactive ketones (excluding diaryl/α,β-unsaturated/α-hetero) is 1. The van der Waals surface area contributed by atoms with Crippen molar-refractivity contribution in [3.05, 3.63) is 17.5 Å². The molecule has 0 bridgehead atoms. The van der Waals surface area contributed by atoms with Gasteiger partial charge in [-0.25, -0.2) is 0 Å². The van der Waals surface area contributed by atoms with E-state index in [-0.39, 0.29) is 31.3 Å². The highest BCUT2D eigenvalue weighted by molar-refractivity contribution is 5.97. The fraction of sp³-hybridized carbons (Fsp3) is 0.739. The van der Waals surface area contributed by atoms with Crippen LogP contribution in [0.3, 0.4) is 0 Å². The second-order valence-electron chi connectivity index (χ2n) is 9.43. The Kier molecular flexibility index (Phi) is 10.8. The lowest BCUT2D eigenvalue weighted by Gasteiger charge is -2.29. The van der Waals surface area contributed by atoms with Crippen molar-refractivity contribution < 1.29 is 38.2 Å². The van der Waals surface area contributed by atoms with E-state index in [1.54, 1.807) is 19.9 Å². The highest BCUT2D eigenvalue weighted by Gasteiger charge is 2.50. The molecular weight excluding hydrogens is 460 g/mol. The molecule has 2 rings (SSSR count). The topological polar surface area (TPSA) is 165 Å². The number of aliphatic hydroxyl groups is 1. The molecule has 4 N–H and O–H groups in total. The van der Waals surface area contributed by atoms with Crippen molar-refractivity contribution in [2.75, 3.05) is 34.0 Å². The molecule has 0 spiro atoms. The van der Waals surface area contributed by atoms with Gasteiger partial charge < -0.3 is 34.5 Å². The number of aryl methyl sites for hydroxylation is 1. The smallest absolute Gasteiger partial charge is 0.240 e. The quantitative estimate of drug-likeness (QED) is 0.172. The van der Waals surface area contributed by atoms with Gasteiger partial charge >= 0.3 is 0 Å². The van der Waals surface area contributed by atoms with Crippen molar-refractivity contribution in [2.24, 2.45) is 5.92 Å². The van der Waals surface area contributed by atoms with E-state index in [9.17, 15) is 19.5 Å². The van der Waals surface area contributed by atoms with Gasteiger partial charge in [-0.1, -0.05) is 19.0 Å². The molecule has 0 saturated carbocycles. The van der Waals surface area contributed by atoms with Gasteiger partial charge in [-0.3, -0.25) is 19.7 Å². The number of hydrogen-bond donors (Lipinski definition) is 4. The Labute approximate surface area is 205 Å². The van der Waals surface area contributed by atoms with E-state index in [1.807, 2.05) is 13.8 Å². The van der Waals surface area contributed by atoms with E-state index in [1.165, 1.54) is 14.2 Å². The summed E-state index contributed by atoms with van der Waals surface area (Å²) in [7, 11) is 2.84. The van der Waals surface area contributed by atoms with Crippen molar-refractivity contribution in [1.29, 1.82) is 0 Å². The van der Waals surface area contributed by atoms with E-state index >= 15 is 0 Å². The Bertz CT molecular complexity index is 854. The first-order chi connectivity index (χ1) is 16.5. The molecule has 12 heteroatoms. The van der Waals surface area contributed by atoms with Crippen LogP contribution in [0.1, 0.15) is 38.6 Å². The molecule has 1 fully saturated rings. The number of aromatic nitrogens is 1. The normalized spacial score (nSPS) is 20.7. The molecule has 1 saturated heterocycles. The minimum Gasteiger partial charge on any atom is -0.383 e. The van der Waals surface area contributed by atoms with Gasteiger partial charge in [-0.15, -0.1) is 0 Å². The summed E-state index contributed by atoms with van der Waals surface area (Å²) >= 11 is 0. The Balaban J connectivity index is 2.03. The zero-order chi connectivity index (χ0) is 26.2. The Morgan fingerprint density at radius 2 is 1.83 bits per heavy atom. The van der Waals surface area contributed by atoms with Gasteiger partial charge in [0, 0.05) is 20.3 Å². The van der Waals surface area contributed by atoms with Crippen LogP contribution in [-0.2, 0) is 35.0 Å². The van der Waals surface area contributed by atoms with Gasteiger partial charge in [0.1, 0.15) is 23.6 Å². The average Bonchev–Trinajstić information content (AvgIpc) is 3.41. The molecule has 5 unspecified atom stereocenters. The predicted molar refractivity (Wildman–Crippen MR) is 124 cm³/mol. The number of carbonyl (C=O) groups excluding carboxylic acids is 3. The molecule has 35 heavy (non-hydrogen) atoms. The first kappa shape index (κ1) is 28.9. The van der Waals surface area contributed by atoms with Crippen molar-refractivity contribution in [3.8, 4) is 0 Å². The summed E-state index contributed by atoms with van der Waals surface area (Å²) in [5.41, 5.74) is -0.236. The number of carbonyl (C=O) groups is 3. The Hall–Kier alpha value is -2.38. The molecular formula is C23H38N4O8. The fourth-order valence-electron chi connectivity index (χ4n) is 3.59. The van der Waals surface area contributed by atoms with Gasteiger partial charge in [0.05, 0.1) is 44.0 Å². The molecule has 5 atom stereocenters. The monoisotopic (exact) mass is 498 g/mol. The lowest BCUT2D eigenvalue weighted by Crippen LogP contribution is -2.60. The third-order valence-corrected chi connectivity index (χ3v) is 5.55. The molecule has 0 aromatic carbocycles. The number of epoxide rings is 1. The average molecular weight is 499 g/mol.